The molecule has 0 aliphatic rings. The minimum absolute atomic E-state index is 0.162. The van der Waals surface area contributed by atoms with Gasteiger partial charge in [0.25, 0.3) is 0 Å². The number of hydrogen-bond donors (Lipinski definition) is 3. The molecule has 5 nitrogen and oxygen atoms in total. The van der Waals surface area contributed by atoms with Crippen LogP contribution in [-0.4, -0.2) is 38.2 Å². The number of alkyl halides is 3. The summed E-state index contributed by atoms with van der Waals surface area (Å²) in [5.74, 6) is 0.0329. The molecule has 0 saturated carbocycles. The number of amides is 1. The highest BCUT2D eigenvalue weighted by molar-refractivity contribution is 9.10. The van der Waals surface area contributed by atoms with Crippen molar-refractivity contribution in [3.8, 4) is 0 Å². The molecule has 0 spiro atoms. The molecular formula is C15H20BrF3N4O. The number of hydrogen-bond acceptors (Lipinski definition) is 2. The van der Waals surface area contributed by atoms with Gasteiger partial charge in [0, 0.05) is 36.7 Å². The fraction of sp³-hybridized carbons (Fsp3) is 0.467. The number of benzene rings is 1. The van der Waals surface area contributed by atoms with E-state index in [-0.39, 0.29) is 31.4 Å². The van der Waals surface area contributed by atoms with Crippen LogP contribution in [-0.2, 0) is 4.79 Å². The van der Waals surface area contributed by atoms with Crippen molar-refractivity contribution in [3.63, 3.8) is 0 Å². The molecule has 0 atom stereocenters. The van der Waals surface area contributed by atoms with Gasteiger partial charge in [-0.25, -0.2) is 0 Å². The number of anilines is 1. The van der Waals surface area contributed by atoms with Gasteiger partial charge in [-0.1, -0.05) is 15.9 Å². The fourth-order valence-corrected chi connectivity index (χ4v) is 2.29. The van der Waals surface area contributed by atoms with Crippen molar-refractivity contribution in [2.45, 2.75) is 25.9 Å². The average Bonchev–Trinajstić information content (AvgIpc) is 2.47. The molecule has 134 valence electrons. The highest BCUT2D eigenvalue weighted by Gasteiger charge is 2.26. The summed E-state index contributed by atoms with van der Waals surface area (Å²) in [4.78, 5) is 15.7. The Morgan fingerprint density at radius 2 is 1.92 bits per heavy atom. The second-order valence-corrected chi connectivity index (χ2v) is 5.96. The average molecular weight is 409 g/mol. The van der Waals surface area contributed by atoms with E-state index in [2.05, 4.69) is 36.9 Å². The highest BCUT2D eigenvalue weighted by atomic mass is 79.9. The van der Waals surface area contributed by atoms with Gasteiger partial charge in [0.1, 0.15) is 0 Å². The summed E-state index contributed by atoms with van der Waals surface area (Å²) < 4.78 is 37.2. The van der Waals surface area contributed by atoms with Gasteiger partial charge in [-0.2, -0.15) is 13.2 Å². The standard InChI is InChI=1S/C15H20BrF3N4O/c1-10-9-11(16)3-4-12(10)23-13(24)5-7-21-14(20-2)22-8-6-15(17,18)19/h3-4,9H,5-8H2,1-2H3,(H,23,24)(H2,20,21,22). The van der Waals surface area contributed by atoms with E-state index in [1.165, 1.54) is 7.05 Å². The number of carbonyl (C=O) groups is 1. The van der Waals surface area contributed by atoms with Gasteiger partial charge < -0.3 is 16.0 Å². The molecule has 1 aromatic rings. The lowest BCUT2D eigenvalue weighted by molar-refractivity contribution is -0.132. The van der Waals surface area contributed by atoms with Crippen molar-refractivity contribution in [1.82, 2.24) is 10.6 Å². The molecule has 0 unspecified atom stereocenters. The summed E-state index contributed by atoms with van der Waals surface area (Å²) in [6.45, 7) is 1.87. The zero-order chi connectivity index (χ0) is 18.2. The van der Waals surface area contributed by atoms with Crippen LogP contribution >= 0.6 is 15.9 Å². The van der Waals surface area contributed by atoms with Crippen LogP contribution in [0, 0.1) is 6.92 Å². The first-order valence-electron chi connectivity index (χ1n) is 7.28. The molecule has 0 fully saturated rings. The first kappa shape index (κ1) is 20.3. The van der Waals surface area contributed by atoms with E-state index < -0.39 is 12.6 Å². The largest absolute Gasteiger partial charge is 0.390 e. The third-order valence-corrected chi connectivity index (χ3v) is 3.52. The number of halogens is 4. The normalized spacial score (nSPS) is 12.0. The topological polar surface area (TPSA) is 65.5 Å². The van der Waals surface area contributed by atoms with Crippen LogP contribution in [0.3, 0.4) is 0 Å². The maximum absolute atomic E-state index is 12.1. The lowest BCUT2D eigenvalue weighted by Gasteiger charge is -2.13. The number of aliphatic imine (C=N–C) groups is 1. The Hall–Kier alpha value is -1.77. The van der Waals surface area contributed by atoms with Crippen molar-refractivity contribution in [2.24, 2.45) is 4.99 Å². The summed E-state index contributed by atoms with van der Waals surface area (Å²) in [5.41, 5.74) is 1.64. The summed E-state index contributed by atoms with van der Waals surface area (Å²) in [5, 5.41) is 8.13. The Morgan fingerprint density at radius 1 is 1.25 bits per heavy atom. The molecule has 0 bridgehead atoms. The second kappa shape index (κ2) is 9.51. The lowest BCUT2D eigenvalue weighted by Crippen LogP contribution is -2.40. The monoisotopic (exact) mass is 408 g/mol. The molecule has 0 aliphatic heterocycles. The summed E-state index contributed by atoms with van der Waals surface area (Å²) in [7, 11) is 1.45. The van der Waals surface area contributed by atoms with E-state index in [9.17, 15) is 18.0 Å². The van der Waals surface area contributed by atoms with Gasteiger partial charge in [-0.15, -0.1) is 0 Å². The highest BCUT2D eigenvalue weighted by Crippen LogP contribution is 2.20. The third-order valence-electron chi connectivity index (χ3n) is 3.03. The molecule has 0 heterocycles. The molecule has 9 heteroatoms. The van der Waals surface area contributed by atoms with Crippen molar-refractivity contribution in [2.75, 3.05) is 25.5 Å². The Balaban J connectivity index is 2.33. The SMILES string of the molecule is CN=C(NCCC(=O)Nc1ccc(Br)cc1C)NCCC(F)(F)F. The van der Waals surface area contributed by atoms with Crippen molar-refractivity contribution in [3.05, 3.63) is 28.2 Å². The molecule has 0 aromatic heterocycles. The molecule has 1 amide bonds. The number of carbonyl (C=O) groups excluding carboxylic acids is 1. The first-order chi connectivity index (χ1) is 11.2. The minimum atomic E-state index is -4.21. The van der Waals surface area contributed by atoms with Gasteiger partial charge in [-0.3, -0.25) is 9.79 Å². The summed E-state index contributed by atoms with van der Waals surface area (Å²) >= 11 is 3.35. The minimum Gasteiger partial charge on any atom is -0.356 e. The first-order valence-corrected chi connectivity index (χ1v) is 8.08. The predicted molar refractivity (Wildman–Crippen MR) is 92.2 cm³/mol. The van der Waals surface area contributed by atoms with Crippen molar-refractivity contribution >= 4 is 33.5 Å². The van der Waals surface area contributed by atoms with Gasteiger partial charge in [0.05, 0.1) is 6.42 Å². The van der Waals surface area contributed by atoms with E-state index >= 15 is 0 Å². The van der Waals surface area contributed by atoms with Crippen LogP contribution < -0.4 is 16.0 Å². The molecule has 0 saturated heterocycles. The molecule has 1 rings (SSSR count). The van der Waals surface area contributed by atoms with Crippen LogP contribution in [0.5, 0.6) is 0 Å². The van der Waals surface area contributed by atoms with Crippen LogP contribution in [0.15, 0.2) is 27.7 Å². The number of aryl methyl sites for hydroxylation is 1. The number of rotatable bonds is 6. The molecule has 0 radical (unpaired) electrons. The number of nitrogens with one attached hydrogen (secondary N) is 3. The van der Waals surface area contributed by atoms with Gasteiger partial charge in [-0.05, 0) is 30.7 Å². The van der Waals surface area contributed by atoms with Crippen LogP contribution in [0.1, 0.15) is 18.4 Å². The van der Waals surface area contributed by atoms with E-state index in [0.29, 0.717) is 0 Å². The smallest absolute Gasteiger partial charge is 0.356 e. The predicted octanol–water partition coefficient (Wildman–Crippen LogP) is 3.20. The van der Waals surface area contributed by atoms with Crippen molar-refractivity contribution in [1.29, 1.82) is 0 Å². The van der Waals surface area contributed by atoms with E-state index in [0.717, 1.165) is 15.7 Å². The fourth-order valence-electron chi connectivity index (χ4n) is 1.82. The summed E-state index contributed by atoms with van der Waals surface area (Å²) in [6, 6.07) is 5.51. The second-order valence-electron chi connectivity index (χ2n) is 5.05. The van der Waals surface area contributed by atoms with E-state index in [1.54, 1.807) is 6.07 Å². The Labute approximate surface area is 147 Å². The third kappa shape index (κ3) is 8.19. The van der Waals surface area contributed by atoms with Gasteiger partial charge >= 0.3 is 6.18 Å². The lowest BCUT2D eigenvalue weighted by atomic mass is 10.2. The van der Waals surface area contributed by atoms with Crippen LogP contribution in [0.25, 0.3) is 0 Å². The van der Waals surface area contributed by atoms with Crippen LogP contribution in [0.4, 0.5) is 18.9 Å². The molecule has 0 aliphatic carbocycles. The van der Waals surface area contributed by atoms with E-state index in [1.807, 2.05) is 19.1 Å². The Kier molecular flexibility index (Phi) is 8.03. The molecule has 1 aromatic carbocycles. The maximum atomic E-state index is 12.1. The molecule has 3 N–H and O–H groups in total. The maximum Gasteiger partial charge on any atom is 0.390 e. The Morgan fingerprint density at radius 3 is 2.50 bits per heavy atom. The zero-order valence-corrected chi connectivity index (χ0v) is 15.0. The quantitative estimate of drug-likeness (QED) is 0.500. The van der Waals surface area contributed by atoms with Gasteiger partial charge in [0.2, 0.25) is 5.91 Å². The Bertz CT molecular complexity index is 591. The number of nitrogens with zero attached hydrogens (tertiary/aromatic N) is 1. The van der Waals surface area contributed by atoms with Crippen molar-refractivity contribution < 1.29 is 18.0 Å². The zero-order valence-electron chi connectivity index (χ0n) is 13.4. The number of guanidine groups is 1. The summed E-state index contributed by atoms with van der Waals surface area (Å²) in [6.07, 6.45) is -5.00. The van der Waals surface area contributed by atoms with E-state index in [4.69, 9.17) is 0 Å². The molecular weight excluding hydrogens is 389 g/mol. The van der Waals surface area contributed by atoms with Crippen LogP contribution in [0.2, 0.25) is 0 Å². The van der Waals surface area contributed by atoms with Gasteiger partial charge in [0.15, 0.2) is 5.96 Å². The molecule has 24 heavy (non-hydrogen) atoms.